The second kappa shape index (κ2) is 10.9. The van der Waals surface area contributed by atoms with E-state index in [2.05, 4.69) is 23.0 Å². The number of carbonyl (C=O) groups is 1. The second-order valence-electron chi connectivity index (χ2n) is 11.2. The summed E-state index contributed by atoms with van der Waals surface area (Å²) in [5.41, 5.74) is 4.41. The van der Waals surface area contributed by atoms with Gasteiger partial charge in [-0.25, -0.2) is 4.39 Å². The molecule has 37 heavy (non-hydrogen) atoms. The van der Waals surface area contributed by atoms with Gasteiger partial charge in [-0.3, -0.25) is 9.78 Å². The highest BCUT2D eigenvalue weighted by atomic mass is 19.1. The molecule has 1 aromatic carbocycles. The Labute approximate surface area is 219 Å². The molecule has 0 spiro atoms. The van der Waals surface area contributed by atoms with Crippen LogP contribution in [0, 0.1) is 24.6 Å². The van der Waals surface area contributed by atoms with E-state index in [9.17, 15) is 9.18 Å². The number of hydrogen-bond acceptors (Lipinski definition) is 4. The first-order chi connectivity index (χ1) is 17.8. The molecule has 2 aliphatic rings. The van der Waals surface area contributed by atoms with Crippen molar-refractivity contribution in [1.29, 1.82) is 0 Å². The lowest BCUT2D eigenvalue weighted by atomic mass is 9.97. The first-order valence-corrected chi connectivity index (χ1v) is 13.6. The molecule has 0 aliphatic carbocycles. The smallest absolute Gasteiger partial charge is 0.256 e. The van der Waals surface area contributed by atoms with Gasteiger partial charge in [-0.1, -0.05) is 0 Å². The quantitative estimate of drug-likeness (QED) is 0.440. The average Bonchev–Trinajstić information content (AvgIpc) is 3.48. The number of hydrogen-bond donors (Lipinski definition) is 0. The van der Waals surface area contributed by atoms with E-state index < -0.39 is 5.82 Å². The third-order valence-corrected chi connectivity index (χ3v) is 8.26. The number of nitrogens with zero attached hydrogens (tertiary/aromatic N) is 4. The highest BCUT2D eigenvalue weighted by molar-refractivity contribution is 5.99. The number of aromatic nitrogens is 2. The molecule has 1 atom stereocenters. The first-order valence-electron chi connectivity index (χ1n) is 13.6. The van der Waals surface area contributed by atoms with Crippen LogP contribution >= 0.6 is 0 Å². The number of fused-ring (bicyclic) bond motifs is 1. The normalized spacial score (nSPS) is 19.2. The zero-order valence-corrected chi connectivity index (χ0v) is 22.5. The third-order valence-electron chi connectivity index (χ3n) is 8.26. The van der Waals surface area contributed by atoms with E-state index in [1.807, 2.05) is 30.8 Å². The molecule has 6 nitrogen and oxygen atoms in total. The SMILES string of the molecule is Cc1cncc2c1c(C[C@@H]1CCN(CC3CCOCC3)C1)cn2-c1ccc(F)cc1C(=O)N(C)C(C)C. The minimum absolute atomic E-state index is 0.0101. The van der Waals surface area contributed by atoms with Gasteiger partial charge in [0.1, 0.15) is 5.82 Å². The van der Waals surface area contributed by atoms with Gasteiger partial charge in [0.05, 0.1) is 23.0 Å². The van der Waals surface area contributed by atoms with Gasteiger partial charge in [0, 0.05) is 57.2 Å². The summed E-state index contributed by atoms with van der Waals surface area (Å²) >= 11 is 0. The van der Waals surface area contributed by atoms with Gasteiger partial charge in [0.2, 0.25) is 0 Å². The fraction of sp³-hybridized carbons (Fsp3) is 0.533. The van der Waals surface area contributed by atoms with E-state index in [-0.39, 0.29) is 11.9 Å². The Hall–Kier alpha value is -2.77. The summed E-state index contributed by atoms with van der Waals surface area (Å²) < 4.78 is 21.9. The van der Waals surface area contributed by atoms with Gasteiger partial charge >= 0.3 is 0 Å². The van der Waals surface area contributed by atoms with Crippen LogP contribution in [-0.2, 0) is 11.2 Å². The Morgan fingerprint density at radius 1 is 1.19 bits per heavy atom. The Kier molecular flexibility index (Phi) is 7.63. The zero-order chi connectivity index (χ0) is 26.1. The average molecular weight is 507 g/mol. The highest BCUT2D eigenvalue weighted by Gasteiger charge is 2.28. The van der Waals surface area contributed by atoms with Gasteiger partial charge in [-0.15, -0.1) is 0 Å². The molecular formula is C30H39FN4O2. The Morgan fingerprint density at radius 2 is 1.97 bits per heavy atom. The number of benzene rings is 1. The van der Waals surface area contributed by atoms with Crippen molar-refractivity contribution in [2.75, 3.05) is 39.9 Å². The van der Waals surface area contributed by atoms with Crippen molar-refractivity contribution in [3.05, 3.63) is 59.3 Å². The Bertz CT molecular complexity index is 1260. The topological polar surface area (TPSA) is 50.6 Å². The molecule has 0 N–H and O–H groups in total. The van der Waals surface area contributed by atoms with E-state index in [4.69, 9.17) is 4.74 Å². The molecule has 0 unspecified atom stereocenters. The molecule has 0 radical (unpaired) electrons. The molecule has 2 aliphatic heterocycles. The van der Waals surface area contributed by atoms with Crippen LogP contribution in [0.1, 0.15) is 54.6 Å². The standard InChI is InChI=1S/C30H39FN4O2/c1-20(2)33(4)30(36)26-14-25(31)5-6-27(26)35-19-24(29-21(3)15-32-16-28(29)35)13-23-7-10-34(18-23)17-22-8-11-37-12-9-22/h5-6,14-16,19-20,22-23H,7-13,17-18H2,1-4H3/t23-/m0/s1. The number of amides is 1. The first kappa shape index (κ1) is 25.9. The molecule has 2 saturated heterocycles. The maximum atomic E-state index is 14.3. The van der Waals surface area contributed by atoms with E-state index in [1.165, 1.54) is 48.9 Å². The van der Waals surface area contributed by atoms with E-state index in [0.29, 0.717) is 17.2 Å². The van der Waals surface area contributed by atoms with Crippen molar-refractivity contribution in [3.8, 4) is 5.69 Å². The van der Waals surface area contributed by atoms with Crippen LogP contribution in [0.3, 0.4) is 0 Å². The number of rotatable bonds is 7. The van der Waals surface area contributed by atoms with Crippen LogP contribution in [0.5, 0.6) is 0 Å². The van der Waals surface area contributed by atoms with Gasteiger partial charge in [-0.05, 0) is 94.2 Å². The number of ether oxygens (including phenoxy) is 1. The van der Waals surface area contributed by atoms with E-state index >= 15 is 0 Å². The number of aryl methyl sites for hydroxylation is 1. The Balaban J connectivity index is 1.45. The van der Waals surface area contributed by atoms with Crippen LogP contribution in [0.4, 0.5) is 4.39 Å². The van der Waals surface area contributed by atoms with Crippen LogP contribution in [0.15, 0.2) is 36.8 Å². The van der Waals surface area contributed by atoms with Gasteiger partial charge in [0.25, 0.3) is 5.91 Å². The van der Waals surface area contributed by atoms with Crippen LogP contribution < -0.4 is 0 Å². The fourth-order valence-electron chi connectivity index (χ4n) is 5.96. The Morgan fingerprint density at radius 3 is 2.73 bits per heavy atom. The maximum Gasteiger partial charge on any atom is 0.256 e. The lowest BCUT2D eigenvalue weighted by Crippen LogP contribution is -2.33. The van der Waals surface area contributed by atoms with Crippen LogP contribution in [0.2, 0.25) is 0 Å². The van der Waals surface area contributed by atoms with Crippen molar-refractivity contribution in [2.24, 2.45) is 11.8 Å². The van der Waals surface area contributed by atoms with Gasteiger partial charge in [0.15, 0.2) is 0 Å². The van der Waals surface area contributed by atoms with Crippen LogP contribution in [0.25, 0.3) is 16.6 Å². The predicted molar refractivity (Wildman–Crippen MR) is 145 cm³/mol. The van der Waals surface area contributed by atoms with E-state index in [0.717, 1.165) is 49.7 Å². The van der Waals surface area contributed by atoms with E-state index in [1.54, 1.807) is 18.0 Å². The predicted octanol–water partition coefficient (Wildman–Crippen LogP) is 5.24. The minimum atomic E-state index is -0.411. The monoisotopic (exact) mass is 506 g/mol. The summed E-state index contributed by atoms with van der Waals surface area (Å²) in [6, 6.07) is 4.52. The number of halogens is 1. The van der Waals surface area contributed by atoms with Crippen molar-refractivity contribution < 1.29 is 13.9 Å². The maximum absolute atomic E-state index is 14.3. The summed E-state index contributed by atoms with van der Waals surface area (Å²) in [5, 5.41) is 1.19. The molecule has 2 aromatic heterocycles. The summed E-state index contributed by atoms with van der Waals surface area (Å²) in [4.78, 5) is 22.1. The highest BCUT2D eigenvalue weighted by Crippen LogP contribution is 2.33. The summed E-state index contributed by atoms with van der Waals surface area (Å²) in [6.07, 6.45) is 10.4. The lowest BCUT2D eigenvalue weighted by Gasteiger charge is -2.27. The molecular weight excluding hydrogens is 467 g/mol. The third kappa shape index (κ3) is 5.43. The zero-order valence-electron chi connectivity index (χ0n) is 22.5. The molecule has 0 bridgehead atoms. The number of likely N-dealkylation sites (tertiary alicyclic amines) is 1. The molecule has 198 valence electrons. The molecule has 0 saturated carbocycles. The number of pyridine rings is 1. The largest absolute Gasteiger partial charge is 0.381 e. The molecule has 5 rings (SSSR count). The molecule has 1 amide bonds. The van der Waals surface area contributed by atoms with Crippen molar-refractivity contribution in [2.45, 2.75) is 52.5 Å². The van der Waals surface area contributed by atoms with Gasteiger partial charge in [-0.2, -0.15) is 0 Å². The summed E-state index contributed by atoms with van der Waals surface area (Å²) in [6.45, 7) is 11.3. The molecule has 4 heterocycles. The number of carbonyl (C=O) groups excluding carboxylic acids is 1. The summed E-state index contributed by atoms with van der Waals surface area (Å²) in [7, 11) is 1.76. The van der Waals surface area contributed by atoms with Crippen LogP contribution in [-0.4, -0.2) is 71.2 Å². The fourth-order valence-corrected chi connectivity index (χ4v) is 5.96. The van der Waals surface area contributed by atoms with Crippen molar-refractivity contribution in [1.82, 2.24) is 19.4 Å². The lowest BCUT2D eigenvalue weighted by molar-refractivity contribution is 0.0551. The van der Waals surface area contributed by atoms with Gasteiger partial charge < -0.3 is 19.1 Å². The molecule has 2 fully saturated rings. The van der Waals surface area contributed by atoms with Crippen molar-refractivity contribution in [3.63, 3.8) is 0 Å². The molecule has 7 heteroatoms. The minimum Gasteiger partial charge on any atom is -0.381 e. The van der Waals surface area contributed by atoms with Crippen molar-refractivity contribution >= 4 is 16.8 Å². The molecule has 3 aromatic rings. The second-order valence-corrected chi connectivity index (χ2v) is 11.2. The summed E-state index contributed by atoms with van der Waals surface area (Å²) in [5.74, 6) is 0.743.